The predicted octanol–water partition coefficient (Wildman–Crippen LogP) is 2.55. The Kier molecular flexibility index (Phi) is 5.85. The average Bonchev–Trinajstić information content (AvgIpc) is 2.30. The Bertz CT molecular complexity index is 266. The Morgan fingerprint density at radius 2 is 2.31 bits per heavy atom. The lowest BCUT2D eigenvalue weighted by atomic mass is 10.0. The van der Waals surface area contributed by atoms with Crippen LogP contribution in [0.5, 0.6) is 0 Å². The summed E-state index contributed by atoms with van der Waals surface area (Å²) in [5.74, 6) is -0.0930. The van der Waals surface area contributed by atoms with Gasteiger partial charge >= 0.3 is 5.97 Å². The summed E-state index contributed by atoms with van der Waals surface area (Å²) in [7, 11) is 0. The minimum Gasteiger partial charge on any atom is -0.465 e. The molecule has 0 bridgehead atoms. The van der Waals surface area contributed by atoms with Gasteiger partial charge in [0.2, 0.25) is 0 Å². The molecule has 16 heavy (non-hydrogen) atoms. The average molecular weight is 246 g/mol. The number of esters is 1. The van der Waals surface area contributed by atoms with Crippen molar-refractivity contribution < 1.29 is 9.53 Å². The van der Waals surface area contributed by atoms with Crippen LogP contribution in [-0.2, 0) is 9.53 Å². The summed E-state index contributed by atoms with van der Waals surface area (Å²) in [4.78, 5) is 13.9. The van der Waals surface area contributed by atoms with Crippen molar-refractivity contribution in [3.05, 3.63) is 11.1 Å². The van der Waals surface area contributed by atoms with Gasteiger partial charge in [0, 0.05) is 12.1 Å². The predicted molar refractivity (Wildman–Crippen MR) is 65.5 cm³/mol. The van der Waals surface area contributed by atoms with Crippen molar-refractivity contribution in [1.82, 2.24) is 4.90 Å². The second-order valence-corrected chi connectivity index (χ2v) is 4.41. The zero-order chi connectivity index (χ0) is 12.0. The molecule has 1 fully saturated rings. The normalized spacial score (nSPS) is 23.2. The van der Waals surface area contributed by atoms with E-state index in [1.165, 1.54) is 0 Å². The molecule has 1 rings (SSSR count). The maximum absolute atomic E-state index is 11.8. The van der Waals surface area contributed by atoms with Crippen LogP contribution in [0, 0.1) is 0 Å². The van der Waals surface area contributed by atoms with Crippen LogP contribution in [0.25, 0.3) is 0 Å². The third-order valence-corrected chi connectivity index (χ3v) is 3.18. The van der Waals surface area contributed by atoms with E-state index in [2.05, 4.69) is 4.90 Å². The Hall–Kier alpha value is -0.540. The Labute approximate surface area is 102 Å². The zero-order valence-electron chi connectivity index (χ0n) is 10.0. The molecule has 1 atom stereocenters. The van der Waals surface area contributed by atoms with Gasteiger partial charge in [0.05, 0.1) is 6.61 Å². The molecular formula is C12H20ClNO2. The molecule has 0 radical (unpaired) electrons. The van der Waals surface area contributed by atoms with Crippen LogP contribution in [0.3, 0.4) is 0 Å². The minimum atomic E-state index is -0.0930. The van der Waals surface area contributed by atoms with Crippen LogP contribution in [-0.4, -0.2) is 36.6 Å². The SMILES string of the molecule is CCOC(=O)C1CCCCN1CC(C)=CCl. The molecule has 0 spiro atoms. The van der Waals surface area contributed by atoms with Gasteiger partial charge in [0.25, 0.3) is 0 Å². The van der Waals surface area contributed by atoms with Crippen LogP contribution in [0.4, 0.5) is 0 Å². The Balaban J connectivity index is 2.59. The number of piperidine rings is 1. The lowest BCUT2D eigenvalue weighted by Gasteiger charge is -2.34. The largest absolute Gasteiger partial charge is 0.465 e. The lowest BCUT2D eigenvalue weighted by Crippen LogP contribution is -2.46. The number of nitrogens with zero attached hydrogens (tertiary/aromatic N) is 1. The van der Waals surface area contributed by atoms with Crippen molar-refractivity contribution in [2.45, 2.75) is 39.2 Å². The highest BCUT2D eigenvalue weighted by atomic mass is 35.5. The fraction of sp³-hybridized carbons (Fsp3) is 0.750. The van der Waals surface area contributed by atoms with E-state index in [0.29, 0.717) is 6.61 Å². The van der Waals surface area contributed by atoms with Crippen LogP contribution < -0.4 is 0 Å². The number of hydrogen-bond donors (Lipinski definition) is 0. The smallest absolute Gasteiger partial charge is 0.323 e. The highest BCUT2D eigenvalue weighted by Crippen LogP contribution is 2.19. The highest BCUT2D eigenvalue weighted by Gasteiger charge is 2.29. The summed E-state index contributed by atoms with van der Waals surface area (Å²) in [5, 5.41) is 0. The first kappa shape index (κ1) is 13.5. The lowest BCUT2D eigenvalue weighted by molar-refractivity contribution is -0.150. The van der Waals surface area contributed by atoms with Crippen molar-refractivity contribution in [3.63, 3.8) is 0 Å². The third kappa shape index (κ3) is 3.80. The Morgan fingerprint density at radius 3 is 2.94 bits per heavy atom. The van der Waals surface area contributed by atoms with Gasteiger partial charge in [-0.25, -0.2) is 0 Å². The van der Waals surface area contributed by atoms with Crippen LogP contribution in [0.1, 0.15) is 33.1 Å². The fourth-order valence-electron chi connectivity index (χ4n) is 2.04. The number of hydrogen-bond acceptors (Lipinski definition) is 3. The van der Waals surface area contributed by atoms with E-state index in [1.807, 2.05) is 13.8 Å². The molecule has 92 valence electrons. The quantitative estimate of drug-likeness (QED) is 0.713. The summed E-state index contributed by atoms with van der Waals surface area (Å²) in [6.45, 7) is 5.98. The second-order valence-electron chi connectivity index (χ2n) is 4.19. The molecule has 1 heterocycles. The van der Waals surface area contributed by atoms with E-state index in [-0.39, 0.29) is 12.0 Å². The molecule has 0 aromatic rings. The number of likely N-dealkylation sites (tertiary alicyclic amines) is 1. The van der Waals surface area contributed by atoms with Gasteiger partial charge in [-0.05, 0) is 38.8 Å². The van der Waals surface area contributed by atoms with Gasteiger partial charge in [-0.15, -0.1) is 0 Å². The number of halogens is 1. The number of rotatable bonds is 4. The van der Waals surface area contributed by atoms with E-state index >= 15 is 0 Å². The number of ether oxygens (including phenoxy) is 1. The third-order valence-electron chi connectivity index (χ3n) is 2.81. The molecule has 4 heteroatoms. The topological polar surface area (TPSA) is 29.5 Å². The highest BCUT2D eigenvalue weighted by molar-refractivity contribution is 6.25. The molecule has 1 unspecified atom stereocenters. The maximum atomic E-state index is 11.8. The van der Waals surface area contributed by atoms with Gasteiger partial charge < -0.3 is 4.74 Å². The summed E-state index contributed by atoms with van der Waals surface area (Å²) in [6, 6.07) is -0.0831. The zero-order valence-corrected chi connectivity index (χ0v) is 10.8. The van der Waals surface area contributed by atoms with Gasteiger partial charge in [-0.1, -0.05) is 18.0 Å². The Morgan fingerprint density at radius 1 is 1.56 bits per heavy atom. The van der Waals surface area contributed by atoms with Crippen molar-refractivity contribution in [2.24, 2.45) is 0 Å². The van der Waals surface area contributed by atoms with Crippen molar-refractivity contribution in [3.8, 4) is 0 Å². The molecule has 0 N–H and O–H groups in total. The van der Waals surface area contributed by atoms with Crippen molar-refractivity contribution >= 4 is 17.6 Å². The number of carbonyl (C=O) groups is 1. The van der Waals surface area contributed by atoms with E-state index in [1.54, 1.807) is 5.54 Å². The molecule has 1 aliphatic rings. The van der Waals surface area contributed by atoms with Crippen LogP contribution >= 0.6 is 11.6 Å². The number of carbonyl (C=O) groups excluding carboxylic acids is 1. The molecular weight excluding hydrogens is 226 g/mol. The summed E-state index contributed by atoms with van der Waals surface area (Å²) >= 11 is 5.65. The first-order chi connectivity index (χ1) is 7.69. The van der Waals surface area contributed by atoms with Crippen molar-refractivity contribution in [2.75, 3.05) is 19.7 Å². The van der Waals surface area contributed by atoms with Crippen molar-refractivity contribution in [1.29, 1.82) is 0 Å². The summed E-state index contributed by atoms with van der Waals surface area (Å²) < 4.78 is 5.09. The monoisotopic (exact) mass is 245 g/mol. The molecule has 0 amide bonds. The maximum Gasteiger partial charge on any atom is 0.323 e. The molecule has 0 aliphatic carbocycles. The molecule has 0 aromatic heterocycles. The first-order valence-corrected chi connectivity index (χ1v) is 6.29. The fourth-order valence-corrected chi connectivity index (χ4v) is 2.11. The summed E-state index contributed by atoms with van der Waals surface area (Å²) in [5.41, 5.74) is 2.66. The second kappa shape index (κ2) is 6.92. The first-order valence-electron chi connectivity index (χ1n) is 5.85. The van der Waals surface area contributed by atoms with Crippen LogP contribution in [0.15, 0.2) is 11.1 Å². The van der Waals surface area contributed by atoms with Gasteiger partial charge in [-0.3, -0.25) is 9.69 Å². The molecule has 1 aliphatic heterocycles. The van der Waals surface area contributed by atoms with Gasteiger partial charge in [0.1, 0.15) is 6.04 Å². The molecule has 0 aromatic carbocycles. The standard InChI is InChI=1S/C12H20ClNO2/c1-3-16-12(15)11-6-4-5-7-14(11)9-10(2)8-13/h8,11H,3-7,9H2,1-2H3. The van der Waals surface area contributed by atoms with E-state index in [0.717, 1.165) is 37.9 Å². The summed E-state index contributed by atoms with van der Waals surface area (Å²) in [6.07, 6.45) is 3.14. The van der Waals surface area contributed by atoms with E-state index < -0.39 is 0 Å². The van der Waals surface area contributed by atoms with Gasteiger partial charge in [-0.2, -0.15) is 0 Å². The molecule has 1 saturated heterocycles. The van der Waals surface area contributed by atoms with Crippen LogP contribution in [0.2, 0.25) is 0 Å². The van der Waals surface area contributed by atoms with E-state index in [9.17, 15) is 4.79 Å². The molecule has 3 nitrogen and oxygen atoms in total. The molecule has 0 saturated carbocycles. The van der Waals surface area contributed by atoms with Gasteiger partial charge in [0.15, 0.2) is 0 Å². The minimum absolute atomic E-state index is 0.0831. The van der Waals surface area contributed by atoms with E-state index in [4.69, 9.17) is 16.3 Å².